The summed E-state index contributed by atoms with van der Waals surface area (Å²) in [6, 6.07) is 18.0. The van der Waals surface area contributed by atoms with Crippen molar-refractivity contribution in [1.29, 1.82) is 0 Å². The van der Waals surface area contributed by atoms with Crippen LogP contribution in [0, 0.1) is 6.92 Å². The van der Waals surface area contributed by atoms with E-state index in [0.717, 1.165) is 44.0 Å². The Morgan fingerprint density at radius 1 is 1.03 bits per heavy atom. The van der Waals surface area contributed by atoms with Crippen molar-refractivity contribution < 1.29 is 4.79 Å². The molecule has 0 unspecified atom stereocenters. The lowest BCUT2D eigenvalue weighted by Gasteiger charge is -2.37. The molecular weight excluding hydrogens is 466 g/mol. The Bertz CT molecular complexity index is 1130. The minimum Gasteiger partial charge on any atom is -0.368 e. The smallest absolute Gasteiger partial charge is 0.251 e. The highest BCUT2D eigenvalue weighted by Crippen LogP contribution is 2.27. The molecule has 1 aliphatic rings. The number of rotatable bonds is 8. The summed E-state index contributed by atoms with van der Waals surface area (Å²) in [7, 11) is 0. The largest absolute Gasteiger partial charge is 0.368 e. The molecule has 1 saturated heterocycles. The minimum atomic E-state index is -0.0418. The molecule has 0 radical (unpaired) electrons. The van der Waals surface area contributed by atoms with Crippen LogP contribution in [-0.2, 0) is 5.75 Å². The van der Waals surface area contributed by atoms with Gasteiger partial charge in [0.2, 0.25) is 0 Å². The highest BCUT2D eigenvalue weighted by molar-refractivity contribution is 7.98. The third kappa shape index (κ3) is 6.21. The van der Waals surface area contributed by atoms with Gasteiger partial charge >= 0.3 is 0 Å². The van der Waals surface area contributed by atoms with E-state index in [-0.39, 0.29) is 5.91 Å². The van der Waals surface area contributed by atoms with Crippen molar-refractivity contribution in [2.75, 3.05) is 42.5 Å². The molecule has 1 amide bonds. The van der Waals surface area contributed by atoms with E-state index in [2.05, 4.69) is 51.3 Å². The van der Waals surface area contributed by atoms with Gasteiger partial charge in [-0.15, -0.1) is 0 Å². The number of benzene rings is 2. The van der Waals surface area contributed by atoms with Crippen LogP contribution in [0.3, 0.4) is 0 Å². The van der Waals surface area contributed by atoms with Crippen molar-refractivity contribution in [3.63, 3.8) is 0 Å². The summed E-state index contributed by atoms with van der Waals surface area (Å²) in [6.07, 6.45) is 0.913. The molecule has 1 aromatic heterocycles. The molecule has 6 nitrogen and oxygen atoms in total. The SMILES string of the molecule is CCCNC(=O)c1cccc(CSc2nc(Cl)cc(N3CCN(c4ccccc4C)CC3)n2)c1. The first-order chi connectivity index (χ1) is 16.5. The highest BCUT2D eigenvalue weighted by atomic mass is 35.5. The molecule has 0 bridgehead atoms. The van der Waals surface area contributed by atoms with Crippen LogP contribution in [0.2, 0.25) is 5.15 Å². The quantitative estimate of drug-likeness (QED) is 0.263. The molecule has 8 heteroatoms. The van der Waals surface area contributed by atoms with Crippen LogP contribution in [0.1, 0.15) is 34.8 Å². The maximum absolute atomic E-state index is 12.3. The molecule has 3 aromatic rings. The van der Waals surface area contributed by atoms with Gasteiger partial charge in [0.1, 0.15) is 11.0 Å². The second kappa shape index (κ2) is 11.6. The van der Waals surface area contributed by atoms with E-state index in [1.807, 2.05) is 37.3 Å². The van der Waals surface area contributed by atoms with E-state index in [1.54, 1.807) is 0 Å². The number of carbonyl (C=O) groups excluding carboxylic acids is 1. The molecule has 2 aromatic carbocycles. The third-order valence-electron chi connectivity index (χ3n) is 5.81. The highest BCUT2D eigenvalue weighted by Gasteiger charge is 2.20. The van der Waals surface area contributed by atoms with Crippen molar-refractivity contribution >= 4 is 40.8 Å². The van der Waals surface area contributed by atoms with Crippen LogP contribution in [0.5, 0.6) is 0 Å². The standard InChI is InChI=1S/C26H30ClN5OS/c1-3-11-28-25(33)21-9-6-8-20(16-21)18-34-26-29-23(27)17-24(30-26)32-14-12-31(13-15-32)22-10-5-4-7-19(22)2/h4-10,16-17H,3,11-15,18H2,1-2H3,(H,28,33). The normalized spacial score (nSPS) is 13.7. The van der Waals surface area contributed by atoms with E-state index in [0.29, 0.717) is 28.2 Å². The number of nitrogens with one attached hydrogen (secondary N) is 1. The van der Waals surface area contributed by atoms with Gasteiger partial charge in [0, 0.05) is 55.8 Å². The lowest BCUT2D eigenvalue weighted by molar-refractivity contribution is 0.0953. The summed E-state index contributed by atoms with van der Waals surface area (Å²) >= 11 is 7.89. The van der Waals surface area contributed by atoms with Gasteiger partial charge in [-0.1, -0.05) is 60.6 Å². The molecule has 0 saturated carbocycles. The van der Waals surface area contributed by atoms with Gasteiger partial charge in [0.25, 0.3) is 5.91 Å². The zero-order valence-electron chi connectivity index (χ0n) is 19.6. The van der Waals surface area contributed by atoms with Crippen molar-refractivity contribution in [3.05, 3.63) is 76.4 Å². The van der Waals surface area contributed by atoms with Gasteiger partial charge in [-0.3, -0.25) is 4.79 Å². The number of piperazine rings is 1. The summed E-state index contributed by atoms with van der Waals surface area (Å²) in [5.41, 5.74) is 4.31. The molecular formula is C26H30ClN5OS. The number of amides is 1. The van der Waals surface area contributed by atoms with Crippen molar-refractivity contribution in [1.82, 2.24) is 15.3 Å². The van der Waals surface area contributed by atoms with Crippen LogP contribution < -0.4 is 15.1 Å². The number of hydrogen-bond acceptors (Lipinski definition) is 6. The molecule has 1 fully saturated rings. The number of hydrogen-bond donors (Lipinski definition) is 1. The number of anilines is 2. The number of aromatic nitrogens is 2. The number of halogens is 1. The van der Waals surface area contributed by atoms with Crippen LogP contribution in [0.4, 0.5) is 11.5 Å². The molecule has 2 heterocycles. The van der Waals surface area contributed by atoms with E-state index >= 15 is 0 Å². The Labute approximate surface area is 210 Å². The van der Waals surface area contributed by atoms with Gasteiger partial charge in [-0.2, -0.15) is 0 Å². The molecule has 0 atom stereocenters. The first-order valence-electron chi connectivity index (χ1n) is 11.6. The predicted octanol–water partition coefficient (Wildman–Crippen LogP) is 5.20. The number of aryl methyl sites for hydroxylation is 1. The van der Waals surface area contributed by atoms with Crippen molar-refractivity contribution in [2.24, 2.45) is 0 Å². The first-order valence-corrected chi connectivity index (χ1v) is 13.0. The summed E-state index contributed by atoms with van der Waals surface area (Å²) < 4.78 is 0. The molecule has 4 rings (SSSR count). The number of thioether (sulfide) groups is 1. The van der Waals surface area contributed by atoms with E-state index in [1.165, 1.54) is 23.0 Å². The Hall–Kier alpha value is -2.77. The lowest BCUT2D eigenvalue weighted by atomic mass is 10.1. The van der Waals surface area contributed by atoms with Gasteiger partial charge in [0.15, 0.2) is 5.16 Å². The minimum absolute atomic E-state index is 0.0418. The van der Waals surface area contributed by atoms with Crippen molar-refractivity contribution in [3.8, 4) is 0 Å². The van der Waals surface area contributed by atoms with Gasteiger partial charge in [0.05, 0.1) is 0 Å². The second-order valence-electron chi connectivity index (χ2n) is 8.34. The van der Waals surface area contributed by atoms with Gasteiger partial charge in [-0.25, -0.2) is 9.97 Å². The fraction of sp³-hybridized carbons (Fsp3) is 0.346. The number of carbonyl (C=O) groups is 1. The van der Waals surface area contributed by atoms with Crippen LogP contribution in [-0.4, -0.2) is 48.6 Å². The van der Waals surface area contributed by atoms with E-state index < -0.39 is 0 Å². The average Bonchev–Trinajstić information content (AvgIpc) is 2.86. The lowest BCUT2D eigenvalue weighted by Crippen LogP contribution is -2.47. The van der Waals surface area contributed by atoms with Crippen LogP contribution >= 0.6 is 23.4 Å². The number of nitrogens with zero attached hydrogens (tertiary/aromatic N) is 4. The van der Waals surface area contributed by atoms with Crippen LogP contribution in [0.15, 0.2) is 59.8 Å². The maximum atomic E-state index is 12.3. The maximum Gasteiger partial charge on any atom is 0.251 e. The second-order valence-corrected chi connectivity index (χ2v) is 9.67. The van der Waals surface area contributed by atoms with E-state index in [9.17, 15) is 4.79 Å². The fourth-order valence-electron chi connectivity index (χ4n) is 4.00. The fourth-order valence-corrected chi connectivity index (χ4v) is 5.02. The summed E-state index contributed by atoms with van der Waals surface area (Å²) in [5.74, 6) is 1.48. The average molecular weight is 496 g/mol. The summed E-state index contributed by atoms with van der Waals surface area (Å²) in [4.78, 5) is 26.1. The topological polar surface area (TPSA) is 61.4 Å². The Morgan fingerprint density at radius 2 is 1.79 bits per heavy atom. The zero-order chi connectivity index (χ0) is 23.9. The molecule has 34 heavy (non-hydrogen) atoms. The molecule has 0 aliphatic carbocycles. The Balaban J connectivity index is 1.38. The first kappa shape index (κ1) is 24.4. The van der Waals surface area contributed by atoms with Gasteiger partial charge in [-0.05, 0) is 42.7 Å². The predicted molar refractivity (Wildman–Crippen MR) is 141 cm³/mol. The monoisotopic (exact) mass is 495 g/mol. The molecule has 0 spiro atoms. The summed E-state index contributed by atoms with van der Waals surface area (Å²) in [5, 5.41) is 4.01. The molecule has 178 valence electrons. The van der Waals surface area contributed by atoms with Crippen molar-refractivity contribution in [2.45, 2.75) is 31.2 Å². The Morgan fingerprint density at radius 3 is 2.56 bits per heavy atom. The van der Waals surface area contributed by atoms with E-state index in [4.69, 9.17) is 16.6 Å². The molecule has 1 aliphatic heterocycles. The summed E-state index contributed by atoms with van der Waals surface area (Å²) in [6.45, 7) is 8.49. The van der Waals surface area contributed by atoms with Crippen LogP contribution in [0.25, 0.3) is 0 Å². The Kier molecular flexibility index (Phi) is 8.29. The molecule has 1 N–H and O–H groups in total. The number of para-hydroxylation sites is 1. The zero-order valence-corrected chi connectivity index (χ0v) is 21.2. The van der Waals surface area contributed by atoms with Gasteiger partial charge < -0.3 is 15.1 Å². The third-order valence-corrected chi connectivity index (χ3v) is 6.93.